The van der Waals surface area contributed by atoms with E-state index in [4.69, 9.17) is 15.2 Å². The van der Waals surface area contributed by atoms with E-state index in [0.29, 0.717) is 12.0 Å². The maximum atomic E-state index is 12.1. The zero-order chi connectivity index (χ0) is 25.5. The molecule has 2 rings (SSSR count). The standard InChI is InChI=1S/C27H45N3O5/c1-3-4-5-6-7-8-9-10-11-12-13-14-15-16-17-24(31)34-20-22-25(32)21(2)26(35-22)30-19-18-23(28)29-27(30)33/h18-19,22,25-26,32H,2-17,20H2,1H3,(H2,28,29,33)/t22-,25+,26-/m1/s1. The summed E-state index contributed by atoms with van der Waals surface area (Å²) in [6, 6.07) is 1.47. The Kier molecular flexibility index (Phi) is 13.7. The number of esters is 1. The Labute approximate surface area is 209 Å². The Balaban J connectivity index is 1.50. The fourth-order valence-corrected chi connectivity index (χ4v) is 4.40. The summed E-state index contributed by atoms with van der Waals surface area (Å²) in [6.45, 7) is 5.98. The summed E-state index contributed by atoms with van der Waals surface area (Å²) in [5.41, 5.74) is 5.23. The van der Waals surface area contributed by atoms with Crippen LogP contribution in [0, 0.1) is 0 Å². The molecule has 0 spiro atoms. The van der Waals surface area contributed by atoms with Crippen LogP contribution in [0.1, 0.15) is 109 Å². The predicted octanol–water partition coefficient (Wildman–Crippen LogP) is 5.05. The van der Waals surface area contributed by atoms with Gasteiger partial charge in [0.2, 0.25) is 0 Å². The largest absolute Gasteiger partial charge is 0.463 e. The van der Waals surface area contributed by atoms with Crippen molar-refractivity contribution in [2.24, 2.45) is 0 Å². The molecule has 198 valence electrons. The summed E-state index contributed by atoms with van der Waals surface area (Å²) in [5.74, 6) is -0.204. The average molecular weight is 492 g/mol. The first-order valence-electron chi connectivity index (χ1n) is 13.5. The molecule has 0 radical (unpaired) electrons. The molecule has 1 aromatic rings. The molecule has 2 heterocycles. The highest BCUT2D eigenvalue weighted by Gasteiger charge is 2.39. The maximum absolute atomic E-state index is 12.1. The third-order valence-electron chi connectivity index (χ3n) is 6.60. The van der Waals surface area contributed by atoms with E-state index < -0.39 is 24.1 Å². The summed E-state index contributed by atoms with van der Waals surface area (Å²) in [6.07, 6.45) is 16.8. The minimum absolute atomic E-state index is 0.0920. The summed E-state index contributed by atoms with van der Waals surface area (Å²) in [5, 5.41) is 10.4. The number of aliphatic hydroxyl groups is 1. The maximum Gasteiger partial charge on any atom is 0.351 e. The van der Waals surface area contributed by atoms with E-state index in [1.165, 1.54) is 87.5 Å². The number of hydrogen-bond acceptors (Lipinski definition) is 7. The second-order valence-corrected chi connectivity index (χ2v) is 9.62. The van der Waals surface area contributed by atoms with Crippen molar-refractivity contribution < 1.29 is 19.4 Å². The Bertz CT molecular complexity index is 825. The predicted molar refractivity (Wildman–Crippen MR) is 138 cm³/mol. The molecule has 8 heteroatoms. The first-order chi connectivity index (χ1) is 16.9. The number of anilines is 1. The Morgan fingerprint density at radius 3 is 2.14 bits per heavy atom. The van der Waals surface area contributed by atoms with Gasteiger partial charge in [0.15, 0.2) is 6.23 Å². The molecule has 1 aliphatic heterocycles. The lowest BCUT2D eigenvalue weighted by Crippen LogP contribution is -2.29. The summed E-state index contributed by atoms with van der Waals surface area (Å²) in [7, 11) is 0. The Morgan fingerprint density at radius 1 is 1.06 bits per heavy atom. The van der Waals surface area contributed by atoms with Crippen LogP contribution in [0.3, 0.4) is 0 Å². The SMILES string of the molecule is C=C1[C@H](n2ccc(N)nc2=O)O[C@H](COC(=O)CCCCCCCCCCCCCCCC)[C@H]1O. The van der Waals surface area contributed by atoms with Crippen LogP contribution >= 0.6 is 0 Å². The minimum atomic E-state index is -1.04. The zero-order valence-electron chi connectivity index (χ0n) is 21.5. The van der Waals surface area contributed by atoms with Crippen LogP contribution in [-0.2, 0) is 14.3 Å². The molecule has 1 aromatic heterocycles. The van der Waals surface area contributed by atoms with Gasteiger partial charge < -0.3 is 20.3 Å². The van der Waals surface area contributed by atoms with E-state index in [0.717, 1.165) is 19.3 Å². The quantitative estimate of drug-likeness (QED) is 0.168. The Hall–Kier alpha value is -2.19. The van der Waals surface area contributed by atoms with Gasteiger partial charge >= 0.3 is 11.7 Å². The third-order valence-corrected chi connectivity index (χ3v) is 6.60. The van der Waals surface area contributed by atoms with Gasteiger partial charge in [-0.1, -0.05) is 97.0 Å². The van der Waals surface area contributed by atoms with E-state index in [9.17, 15) is 14.7 Å². The minimum Gasteiger partial charge on any atom is -0.463 e. The number of rotatable bonds is 18. The highest BCUT2D eigenvalue weighted by atomic mass is 16.6. The van der Waals surface area contributed by atoms with E-state index in [1.54, 1.807) is 0 Å². The van der Waals surface area contributed by atoms with Crippen LogP contribution in [0.5, 0.6) is 0 Å². The van der Waals surface area contributed by atoms with Crippen LogP contribution in [0.4, 0.5) is 5.82 Å². The number of carbonyl (C=O) groups is 1. The molecule has 3 N–H and O–H groups in total. The van der Waals surface area contributed by atoms with Crippen LogP contribution in [-0.4, -0.2) is 39.4 Å². The lowest BCUT2D eigenvalue weighted by molar-refractivity contribution is -0.150. The molecule has 0 bridgehead atoms. The topological polar surface area (TPSA) is 117 Å². The van der Waals surface area contributed by atoms with Gasteiger partial charge in [0.25, 0.3) is 0 Å². The third kappa shape index (κ3) is 10.5. The van der Waals surface area contributed by atoms with Crippen molar-refractivity contribution in [1.82, 2.24) is 9.55 Å². The van der Waals surface area contributed by atoms with Crippen LogP contribution in [0.25, 0.3) is 0 Å². The first kappa shape index (κ1) is 29.0. The van der Waals surface area contributed by atoms with E-state index >= 15 is 0 Å². The number of nitrogen functional groups attached to an aromatic ring is 1. The molecule has 3 atom stereocenters. The molecule has 0 unspecified atom stereocenters. The van der Waals surface area contributed by atoms with Gasteiger partial charge in [0.1, 0.15) is 24.6 Å². The van der Waals surface area contributed by atoms with Crippen LogP contribution in [0.2, 0.25) is 0 Å². The number of carbonyl (C=O) groups excluding carboxylic acids is 1. The smallest absolute Gasteiger partial charge is 0.351 e. The molecule has 1 aliphatic rings. The van der Waals surface area contributed by atoms with Crippen molar-refractivity contribution in [1.29, 1.82) is 0 Å². The van der Waals surface area contributed by atoms with E-state index in [-0.39, 0.29) is 18.4 Å². The number of hydrogen-bond donors (Lipinski definition) is 2. The number of aliphatic hydroxyl groups excluding tert-OH is 1. The number of unbranched alkanes of at least 4 members (excludes halogenated alkanes) is 13. The molecule has 0 saturated carbocycles. The van der Waals surface area contributed by atoms with Crippen molar-refractivity contribution in [2.75, 3.05) is 12.3 Å². The highest BCUT2D eigenvalue weighted by molar-refractivity contribution is 5.69. The molecule has 35 heavy (non-hydrogen) atoms. The molecule has 0 aliphatic carbocycles. The Morgan fingerprint density at radius 2 is 1.60 bits per heavy atom. The van der Waals surface area contributed by atoms with Crippen LogP contribution < -0.4 is 11.4 Å². The van der Waals surface area contributed by atoms with Crippen molar-refractivity contribution in [3.8, 4) is 0 Å². The lowest BCUT2D eigenvalue weighted by Gasteiger charge is -2.15. The van der Waals surface area contributed by atoms with Gasteiger partial charge in [-0.15, -0.1) is 0 Å². The van der Waals surface area contributed by atoms with Crippen molar-refractivity contribution in [3.63, 3.8) is 0 Å². The van der Waals surface area contributed by atoms with Crippen molar-refractivity contribution in [3.05, 3.63) is 34.9 Å². The normalized spacial score (nSPS) is 19.8. The molecular weight excluding hydrogens is 446 g/mol. The number of ether oxygens (including phenoxy) is 2. The fourth-order valence-electron chi connectivity index (χ4n) is 4.40. The number of nitrogens with zero attached hydrogens (tertiary/aromatic N) is 2. The monoisotopic (exact) mass is 491 g/mol. The van der Waals surface area contributed by atoms with Gasteiger partial charge in [0.05, 0.1) is 0 Å². The number of nitrogens with two attached hydrogens (primary N) is 1. The van der Waals surface area contributed by atoms with Crippen molar-refractivity contribution >= 4 is 11.8 Å². The molecular formula is C27H45N3O5. The molecule has 1 fully saturated rings. The van der Waals surface area contributed by atoms with Gasteiger partial charge in [0, 0.05) is 18.2 Å². The summed E-state index contributed by atoms with van der Waals surface area (Å²) < 4.78 is 12.2. The van der Waals surface area contributed by atoms with Gasteiger partial charge in [-0.3, -0.25) is 9.36 Å². The second kappa shape index (κ2) is 16.5. The molecule has 0 amide bonds. The lowest BCUT2D eigenvalue weighted by atomic mass is 10.0. The second-order valence-electron chi connectivity index (χ2n) is 9.62. The zero-order valence-corrected chi connectivity index (χ0v) is 21.5. The fraction of sp³-hybridized carbons (Fsp3) is 0.741. The summed E-state index contributed by atoms with van der Waals surface area (Å²) >= 11 is 0. The highest BCUT2D eigenvalue weighted by Crippen LogP contribution is 2.32. The first-order valence-corrected chi connectivity index (χ1v) is 13.5. The van der Waals surface area contributed by atoms with Crippen molar-refractivity contribution in [2.45, 2.75) is 122 Å². The molecule has 0 aromatic carbocycles. The van der Waals surface area contributed by atoms with Crippen LogP contribution in [0.15, 0.2) is 29.2 Å². The number of aromatic nitrogens is 2. The summed E-state index contributed by atoms with van der Waals surface area (Å²) in [4.78, 5) is 27.8. The van der Waals surface area contributed by atoms with E-state index in [1.807, 2.05) is 0 Å². The molecule has 8 nitrogen and oxygen atoms in total. The van der Waals surface area contributed by atoms with Gasteiger partial charge in [-0.05, 0) is 12.5 Å². The molecule has 1 saturated heterocycles. The van der Waals surface area contributed by atoms with E-state index in [2.05, 4.69) is 18.5 Å². The van der Waals surface area contributed by atoms with Gasteiger partial charge in [-0.25, -0.2) is 4.79 Å². The van der Waals surface area contributed by atoms with Gasteiger partial charge in [-0.2, -0.15) is 4.98 Å². The average Bonchev–Trinajstić information content (AvgIpc) is 3.11.